The minimum Gasteiger partial charge on any atom is -0.497 e. The zero-order valence-corrected chi connectivity index (χ0v) is 20.3. The van der Waals surface area contributed by atoms with Crippen LogP contribution in [-0.2, 0) is 0 Å². The van der Waals surface area contributed by atoms with E-state index in [1.807, 2.05) is 36.4 Å². The number of methoxy groups -OCH3 is 1. The van der Waals surface area contributed by atoms with Crippen molar-refractivity contribution in [3.8, 4) is 37.8 Å². The minimum atomic E-state index is -4.94. The molecule has 4 rings (SSSR count). The molecule has 0 saturated heterocycles. The molecule has 0 spiro atoms. The minimum absolute atomic E-state index is 0.558. The monoisotopic (exact) mass is 522 g/mol. The number of hydrogen-bond acceptors (Lipinski definition) is 5. The Bertz CT molecular complexity index is 1210. The van der Waals surface area contributed by atoms with Crippen LogP contribution < -0.4 is 23.4 Å². The Kier molecular flexibility index (Phi) is 8.64. The highest BCUT2D eigenvalue weighted by molar-refractivity contribution is 7.18. The Morgan fingerprint density at radius 3 is 1.73 bits per heavy atom. The molecule has 0 fully saturated rings. The number of ether oxygens (including phenoxy) is 1. The molecule has 0 unspecified atom stereocenters. The first kappa shape index (κ1) is 25.4. The molecule has 4 aromatic rings. The van der Waals surface area contributed by atoms with Gasteiger partial charge >= 0.3 is 0 Å². The Labute approximate surface area is 207 Å². The van der Waals surface area contributed by atoms with E-state index in [0.717, 1.165) is 27.3 Å². The molecule has 0 amide bonds. The molecule has 1 aromatic heterocycles. The molecular weight excluding hydrogens is 507 g/mol. The molecule has 0 saturated carbocycles. The molecular formula is C24H17Cl3O5S. The molecule has 0 aliphatic carbocycles. The second-order valence-corrected chi connectivity index (χ2v) is 9.33. The van der Waals surface area contributed by atoms with E-state index < -0.39 is 10.2 Å². The zero-order chi connectivity index (χ0) is 24.0. The Morgan fingerprint density at radius 1 is 0.636 bits per heavy atom. The molecule has 0 aliphatic heterocycles. The Hall–Kier alpha value is -2.26. The van der Waals surface area contributed by atoms with Gasteiger partial charge in [-0.1, -0.05) is 53.5 Å². The fourth-order valence-electron chi connectivity index (χ4n) is 2.99. The van der Waals surface area contributed by atoms with Gasteiger partial charge < -0.3 is 4.74 Å². The number of benzene rings is 3. The standard InChI is InChI=1S/C24H17Cl2OS.ClHO4/c1-27-20-10-7-16(8-11-20)19-14-23(17-5-3-2-4-6-17)28-24(15-19)18-9-12-21(25)22(26)13-18;2-1(3,4)5/h2-15H,1H3;(H,2,3,4,5)/q+1;/p-1. The summed E-state index contributed by atoms with van der Waals surface area (Å²) in [5, 5.41) is 1.12. The van der Waals surface area contributed by atoms with Crippen LogP contribution in [0.2, 0.25) is 10.0 Å². The maximum absolute atomic E-state index is 8.49. The summed E-state index contributed by atoms with van der Waals surface area (Å²) in [5.74, 6) is 0.843. The van der Waals surface area contributed by atoms with Gasteiger partial charge in [0.2, 0.25) is 21.1 Å². The average Bonchev–Trinajstić information content (AvgIpc) is 2.80. The molecule has 0 atom stereocenters. The van der Waals surface area contributed by atoms with Gasteiger partial charge in [-0.05, 0) is 53.6 Å². The summed E-state index contributed by atoms with van der Waals surface area (Å²) in [7, 11) is -3.27. The molecule has 9 heteroatoms. The predicted molar refractivity (Wildman–Crippen MR) is 122 cm³/mol. The smallest absolute Gasteiger partial charge is 0.239 e. The van der Waals surface area contributed by atoms with Crippen LogP contribution in [0.25, 0.3) is 32.0 Å². The van der Waals surface area contributed by atoms with Crippen LogP contribution >= 0.6 is 34.5 Å². The molecule has 0 N–H and O–H groups in total. The van der Waals surface area contributed by atoms with Crippen molar-refractivity contribution < 1.29 is 33.6 Å². The van der Waals surface area contributed by atoms with Crippen molar-refractivity contribution >= 4 is 34.5 Å². The lowest BCUT2D eigenvalue weighted by molar-refractivity contribution is -2.00. The van der Waals surface area contributed by atoms with Gasteiger partial charge in [0.05, 0.1) is 17.2 Å². The predicted octanol–water partition coefficient (Wildman–Crippen LogP) is 3.59. The molecule has 1 heterocycles. The van der Waals surface area contributed by atoms with Gasteiger partial charge in [0.15, 0.2) is 0 Å². The van der Waals surface area contributed by atoms with Crippen molar-refractivity contribution in [1.82, 2.24) is 0 Å². The van der Waals surface area contributed by atoms with Crippen molar-refractivity contribution in [3.05, 3.63) is 95.0 Å². The van der Waals surface area contributed by atoms with E-state index in [0.29, 0.717) is 10.0 Å². The molecule has 170 valence electrons. The first-order valence-electron chi connectivity index (χ1n) is 9.39. The van der Waals surface area contributed by atoms with E-state index in [9.17, 15) is 0 Å². The van der Waals surface area contributed by atoms with Crippen LogP contribution in [0.3, 0.4) is 0 Å². The van der Waals surface area contributed by atoms with Gasteiger partial charge in [0, 0.05) is 23.3 Å². The number of halogens is 3. The SMILES string of the molecule is COc1ccc(-c2cc(-c3ccccc3)[s+]c(-c3ccc(Cl)c(Cl)c3)c2)cc1.[O-][Cl+3]([O-])([O-])[O-]. The molecule has 3 aromatic carbocycles. The van der Waals surface area contributed by atoms with Crippen LogP contribution in [0.4, 0.5) is 0 Å². The van der Waals surface area contributed by atoms with E-state index in [4.69, 9.17) is 46.6 Å². The van der Waals surface area contributed by atoms with E-state index in [2.05, 4.69) is 48.5 Å². The topological polar surface area (TPSA) is 101 Å². The van der Waals surface area contributed by atoms with E-state index in [1.54, 1.807) is 18.4 Å². The summed E-state index contributed by atoms with van der Waals surface area (Å²) >= 11 is 14.1. The molecule has 0 radical (unpaired) electrons. The van der Waals surface area contributed by atoms with E-state index >= 15 is 0 Å². The third kappa shape index (κ3) is 7.64. The second-order valence-electron chi connectivity index (χ2n) is 6.68. The van der Waals surface area contributed by atoms with Crippen LogP contribution in [0.5, 0.6) is 5.75 Å². The van der Waals surface area contributed by atoms with Gasteiger partial charge in [-0.2, -0.15) is 0 Å². The van der Waals surface area contributed by atoms with Gasteiger partial charge in [-0.25, -0.2) is 18.6 Å². The van der Waals surface area contributed by atoms with Crippen molar-refractivity contribution in [2.24, 2.45) is 0 Å². The second kappa shape index (κ2) is 11.2. The van der Waals surface area contributed by atoms with Crippen molar-refractivity contribution in [2.75, 3.05) is 7.11 Å². The van der Waals surface area contributed by atoms with Gasteiger partial charge in [0.1, 0.15) is 5.75 Å². The summed E-state index contributed by atoms with van der Waals surface area (Å²) in [6, 6.07) is 28.7. The number of hydrogen-bond donors (Lipinski definition) is 0. The fraction of sp³-hybridized carbons (Fsp3) is 0.0417. The molecule has 33 heavy (non-hydrogen) atoms. The van der Waals surface area contributed by atoms with Crippen molar-refractivity contribution in [1.29, 1.82) is 0 Å². The van der Waals surface area contributed by atoms with Crippen LogP contribution in [-0.4, -0.2) is 7.11 Å². The summed E-state index contributed by atoms with van der Waals surface area (Å²) in [6.45, 7) is 0. The Balaban J connectivity index is 0.000000555. The first-order chi connectivity index (χ1) is 15.6. The average molecular weight is 524 g/mol. The number of rotatable bonds is 4. The van der Waals surface area contributed by atoms with E-state index in [1.165, 1.54) is 10.4 Å². The molecule has 0 bridgehead atoms. The van der Waals surface area contributed by atoms with Crippen molar-refractivity contribution in [3.63, 3.8) is 0 Å². The summed E-state index contributed by atoms with van der Waals surface area (Å²) in [4.78, 5) is 2.32. The lowest BCUT2D eigenvalue weighted by Crippen LogP contribution is -2.68. The van der Waals surface area contributed by atoms with Gasteiger partial charge in [-0.3, -0.25) is 0 Å². The third-order valence-electron chi connectivity index (χ3n) is 4.48. The van der Waals surface area contributed by atoms with Crippen LogP contribution in [0, 0.1) is 10.2 Å². The highest BCUT2D eigenvalue weighted by Crippen LogP contribution is 2.39. The van der Waals surface area contributed by atoms with Crippen LogP contribution in [0.15, 0.2) is 84.9 Å². The Morgan fingerprint density at radius 2 is 1.18 bits per heavy atom. The molecule has 5 nitrogen and oxygen atoms in total. The van der Waals surface area contributed by atoms with Crippen LogP contribution in [0.1, 0.15) is 0 Å². The fourth-order valence-corrected chi connectivity index (χ4v) is 4.39. The lowest BCUT2D eigenvalue weighted by atomic mass is 10.0. The maximum atomic E-state index is 8.49. The van der Waals surface area contributed by atoms with E-state index in [-0.39, 0.29) is 0 Å². The quantitative estimate of drug-likeness (QED) is 0.381. The third-order valence-corrected chi connectivity index (χ3v) is 6.36. The largest absolute Gasteiger partial charge is 0.497 e. The summed E-state index contributed by atoms with van der Waals surface area (Å²) in [6.07, 6.45) is 0. The maximum Gasteiger partial charge on any atom is 0.239 e. The highest BCUT2D eigenvalue weighted by atomic mass is 35.7. The van der Waals surface area contributed by atoms with Gasteiger partial charge in [-0.15, -0.1) is 10.2 Å². The summed E-state index contributed by atoms with van der Waals surface area (Å²) in [5.41, 5.74) is 4.50. The summed E-state index contributed by atoms with van der Waals surface area (Å²) < 4.78 is 39.3. The normalized spacial score (nSPS) is 10.9. The lowest BCUT2D eigenvalue weighted by Gasteiger charge is -2.17. The zero-order valence-electron chi connectivity index (χ0n) is 17.2. The van der Waals surface area contributed by atoms with Gasteiger partial charge in [0.25, 0.3) is 0 Å². The van der Waals surface area contributed by atoms with Crippen molar-refractivity contribution in [2.45, 2.75) is 0 Å². The molecule has 0 aliphatic rings. The highest BCUT2D eigenvalue weighted by Gasteiger charge is 2.20. The first-order valence-corrected chi connectivity index (χ1v) is 12.2.